The van der Waals surface area contributed by atoms with Gasteiger partial charge in [-0.25, -0.2) is 4.79 Å². The van der Waals surface area contributed by atoms with E-state index < -0.39 is 35.6 Å². The van der Waals surface area contributed by atoms with Crippen molar-refractivity contribution in [2.45, 2.75) is 66.2 Å². The number of amides is 3. The Morgan fingerprint density at radius 1 is 1.06 bits per heavy atom. The number of halogens is 1. The largest absolute Gasteiger partial charge is 0.444 e. The van der Waals surface area contributed by atoms with Crippen molar-refractivity contribution in [3.05, 3.63) is 64.2 Å². The molecule has 0 heterocycles. The third kappa shape index (κ3) is 7.50. The van der Waals surface area contributed by atoms with Crippen molar-refractivity contribution in [3.8, 4) is 12.5 Å². The molecule has 0 saturated carbocycles. The molecule has 0 spiro atoms. The maximum absolute atomic E-state index is 13.7. The highest BCUT2D eigenvalue weighted by atomic mass is 35.5. The van der Waals surface area contributed by atoms with Crippen LogP contribution in [0.4, 0.5) is 10.5 Å². The van der Waals surface area contributed by atoms with Crippen molar-refractivity contribution >= 4 is 35.2 Å². The smallest absolute Gasteiger partial charge is 0.408 e. The zero-order valence-electron chi connectivity index (χ0n) is 21.8. The Labute approximate surface area is 218 Å². The van der Waals surface area contributed by atoms with Crippen LogP contribution in [-0.2, 0) is 14.3 Å². The monoisotopic (exact) mass is 511 g/mol. The molecule has 0 bridgehead atoms. The molecule has 2 N–H and O–H groups in total. The van der Waals surface area contributed by atoms with Gasteiger partial charge >= 0.3 is 6.09 Å². The second kappa shape index (κ2) is 12.0. The molecular formula is C28H34ClN3O4. The number of hydrogen-bond acceptors (Lipinski definition) is 4. The van der Waals surface area contributed by atoms with Crippen molar-refractivity contribution < 1.29 is 19.1 Å². The number of nitrogens with one attached hydrogen (secondary N) is 2. The van der Waals surface area contributed by atoms with E-state index in [0.29, 0.717) is 16.3 Å². The van der Waals surface area contributed by atoms with Gasteiger partial charge in [-0.2, -0.15) is 0 Å². The Morgan fingerprint density at radius 3 is 2.17 bits per heavy atom. The van der Waals surface area contributed by atoms with Crippen LogP contribution in [0.3, 0.4) is 0 Å². The van der Waals surface area contributed by atoms with Crippen LogP contribution < -0.4 is 10.6 Å². The zero-order chi connectivity index (χ0) is 27.2. The summed E-state index contributed by atoms with van der Waals surface area (Å²) in [5.41, 5.74) is 1.91. The van der Waals surface area contributed by atoms with Crippen LogP contribution in [0.15, 0.2) is 42.5 Å². The summed E-state index contributed by atoms with van der Waals surface area (Å²) in [6, 6.07) is 12.5. The molecule has 2 rings (SSSR count). The van der Waals surface area contributed by atoms with E-state index in [9.17, 15) is 14.4 Å². The van der Waals surface area contributed by atoms with Gasteiger partial charge in [-0.15, -0.1) is 0 Å². The quantitative estimate of drug-likeness (QED) is 0.374. The number of carbonyl (C=O) groups is 3. The number of terminal acetylenes is 1. The molecule has 0 aliphatic rings. The van der Waals surface area contributed by atoms with Crippen LogP contribution >= 0.6 is 11.6 Å². The lowest BCUT2D eigenvalue weighted by Gasteiger charge is -2.32. The van der Waals surface area contributed by atoms with Gasteiger partial charge in [-0.05, 0) is 57.7 Å². The number of carbonyl (C=O) groups excluding carboxylic acids is 3. The first-order valence-electron chi connectivity index (χ1n) is 11.7. The number of para-hydroxylation sites is 1. The fraction of sp³-hybridized carbons (Fsp3) is 0.393. The van der Waals surface area contributed by atoms with Gasteiger partial charge in [0.15, 0.2) is 0 Å². The molecule has 0 fully saturated rings. The third-order valence-electron chi connectivity index (χ3n) is 5.35. The SMILES string of the molecule is C#CN(C(=O)C(NC(=O)OC(C)(C)C)C(C)C)C(C(=O)Nc1c(C)cccc1Cl)c1ccc(C)cc1. The third-order valence-corrected chi connectivity index (χ3v) is 5.67. The molecule has 0 aliphatic heterocycles. The summed E-state index contributed by atoms with van der Waals surface area (Å²) in [5, 5.41) is 5.80. The topological polar surface area (TPSA) is 87.7 Å². The molecular weight excluding hydrogens is 478 g/mol. The number of benzene rings is 2. The number of ether oxygens (including phenoxy) is 1. The number of rotatable bonds is 7. The number of hydrogen-bond donors (Lipinski definition) is 2. The van der Waals surface area contributed by atoms with Gasteiger partial charge in [0.2, 0.25) is 0 Å². The Bertz CT molecular complexity index is 1130. The molecule has 0 radical (unpaired) electrons. The molecule has 0 saturated heterocycles. The summed E-state index contributed by atoms with van der Waals surface area (Å²) in [6.07, 6.45) is 5.05. The summed E-state index contributed by atoms with van der Waals surface area (Å²) in [4.78, 5) is 40.8. The highest BCUT2D eigenvalue weighted by Gasteiger charge is 2.37. The van der Waals surface area contributed by atoms with Crippen molar-refractivity contribution in [1.29, 1.82) is 0 Å². The normalized spacial score (nSPS) is 12.8. The van der Waals surface area contributed by atoms with Gasteiger partial charge in [-0.3, -0.25) is 14.5 Å². The average Bonchev–Trinajstić information content (AvgIpc) is 2.77. The molecule has 192 valence electrons. The molecule has 0 aromatic heterocycles. The minimum Gasteiger partial charge on any atom is -0.444 e. The predicted molar refractivity (Wildman–Crippen MR) is 142 cm³/mol. The molecule has 0 aliphatic carbocycles. The minimum absolute atomic E-state index is 0.339. The van der Waals surface area contributed by atoms with Crippen LogP contribution in [0.5, 0.6) is 0 Å². The van der Waals surface area contributed by atoms with Gasteiger partial charge < -0.3 is 15.4 Å². The summed E-state index contributed by atoms with van der Waals surface area (Å²) >= 11 is 6.33. The van der Waals surface area contributed by atoms with E-state index in [-0.39, 0.29) is 5.92 Å². The predicted octanol–water partition coefficient (Wildman–Crippen LogP) is 5.61. The van der Waals surface area contributed by atoms with E-state index in [1.54, 1.807) is 58.9 Å². The van der Waals surface area contributed by atoms with E-state index in [1.165, 1.54) is 0 Å². The number of anilines is 1. The first kappa shape index (κ1) is 28.7. The summed E-state index contributed by atoms with van der Waals surface area (Å²) < 4.78 is 5.33. The molecule has 8 heteroatoms. The van der Waals surface area contributed by atoms with Gasteiger partial charge in [0.05, 0.1) is 10.7 Å². The number of nitrogens with zero attached hydrogens (tertiary/aromatic N) is 1. The summed E-state index contributed by atoms with van der Waals surface area (Å²) in [6.45, 7) is 12.4. The molecule has 2 unspecified atom stereocenters. The number of aryl methyl sites for hydroxylation is 2. The Hall–Kier alpha value is -3.50. The van der Waals surface area contributed by atoms with Crippen LogP contribution in [0.2, 0.25) is 5.02 Å². The molecule has 7 nitrogen and oxygen atoms in total. The summed E-state index contributed by atoms with van der Waals surface area (Å²) in [7, 11) is 0. The van der Waals surface area contributed by atoms with Gasteiger partial charge in [0.25, 0.3) is 11.8 Å². The van der Waals surface area contributed by atoms with E-state index in [1.807, 2.05) is 32.0 Å². The van der Waals surface area contributed by atoms with Crippen LogP contribution in [0.25, 0.3) is 0 Å². The Morgan fingerprint density at radius 2 is 1.67 bits per heavy atom. The molecule has 3 amide bonds. The van der Waals surface area contributed by atoms with Crippen LogP contribution in [0, 0.1) is 32.2 Å². The fourth-order valence-electron chi connectivity index (χ4n) is 3.51. The van der Waals surface area contributed by atoms with Crippen LogP contribution in [-0.4, -0.2) is 34.5 Å². The maximum Gasteiger partial charge on any atom is 0.408 e. The fourth-order valence-corrected chi connectivity index (χ4v) is 3.78. The second-order valence-electron chi connectivity index (χ2n) is 9.94. The minimum atomic E-state index is -1.18. The standard InChI is InChI=1S/C28H34ClN3O4/c1-9-32(26(34)22(17(2)3)31-27(35)36-28(6,7)8)24(20-15-13-18(4)14-16-20)25(33)30-23-19(5)11-10-12-21(23)29/h1,10-17,22,24H,2-8H3,(H,30,33)(H,31,35). The second-order valence-corrected chi connectivity index (χ2v) is 10.3. The maximum atomic E-state index is 13.7. The highest BCUT2D eigenvalue weighted by molar-refractivity contribution is 6.34. The lowest BCUT2D eigenvalue weighted by atomic mass is 9.98. The lowest BCUT2D eigenvalue weighted by molar-refractivity contribution is -0.137. The van der Waals surface area contributed by atoms with E-state index in [4.69, 9.17) is 22.8 Å². The van der Waals surface area contributed by atoms with E-state index >= 15 is 0 Å². The molecule has 36 heavy (non-hydrogen) atoms. The Balaban J connectivity index is 2.48. The molecule has 2 aromatic rings. The first-order chi connectivity index (χ1) is 16.7. The zero-order valence-corrected chi connectivity index (χ0v) is 22.6. The Kier molecular flexibility index (Phi) is 9.55. The van der Waals surface area contributed by atoms with Crippen molar-refractivity contribution in [3.63, 3.8) is 0 Å². The van der Waals surface area contributed by atoms with Crippen molar-refractivity contribution in [2.24, 2.45) is 5.92 Å². The average molecular weight is 512 g/mol. The van der Waals surface area contributed by atoms with E-state index in [2.05, 4.69) is 16.7 Å². The van der Waals surface area contributed by atoms with Gasteiger partial charge in [-0.1, -0.05) is 73.8 Å². The highest BCUT2D eigenvalue weighted by Crippen LogP contribution is 2.29. The molecule has 2 atom stereocenters. The van der Waals surface area contributed by atoms with Crippen molar-refractivity contribution in [1.82, 2.24) is 10.2 Å². The van der Waals surface area contributed by atoms with Crippen molar-refractivity contribution in [2.75, 3.05) is 5.32 Å². The van der Waals surface area contributed by atoms with Gasteiger partial charge in [0, 0.05) is 6.04 Å². The van der Waals surface area contributed by atoms with E-state index in [0.717, 1.165) is 16.0 Å². The molecule has 2 aromatic carbocycles. The first-order valence-corrected chi connectivity index (χ1v) is 12.0. The van der Waals surface area contributed by atoms with Gasteiger partial charge in [0.1, 0.15) is 17.7 Å². The lowest BCUT2D eigenvalue weighted by Crippen LogP contribution is -2.53. The summed E-state index contributed by atoms with van der Waals surface area (Å²) in [5.74, 6) is -1.50. The number of alkyl carbamates (subject to hydrolysis) is 1. The van der Waals surface area contributed by atoms with Crippen LogP contribution in [0.1, 0.15) is 57.4 Å².